The monoisotopic (exact) mass is 298 g/mol. The molecular weight excluding hydrogens is 283 g/mol. The van der Waals surface area contributed by atoms with E-state index in [1.54, 1.807) is 12.1 Å². The van der Waals surface area contributed by atoms with Crippen LogP contribution in [0.15, 0.2) is 18.2 Å². The van der Waals surface area contributed by atoms with Gasteiger partial charge in [0.1, 0.15) is 11.6 Å². The van der Waals surface area contributed by atoms with E-state index in [0.29, 0.717) is 29.3 Å². The van der Waals surface area contributed by atoms with E-state index in [1.807, 2.05) is 19.9 Å². The van der Waals surface area contributed by atoms with E-state index in [4.69, 9.17) is 23.2 Å². The Morgan fingerprint density at radius 2 is 1.95 bits per heavy atom. The summed E-state index contributed by atoms with van der Waals surface area (Å²) in [5.74, 6) is 0.0401. The highest BCUT2D eigenvalue weighted by atomic mass is 35.5. The van der Waals surface area contributed by atoms with Gasteiger partial charge < -0.3 is 0 Å². The molecule has 4 heteroatoms. The summed E-state index contributed by atoms with van der Waals surface area (Å²) in [4.78, 5) is 24.1. The van der Waals surface area contributed by atoms with E-state index in [9.17, 15) is 9.59 Å². The Bertz CT molecular complexity index is 539. The molecule has 0 amide bonds. The van der Waals surface area contributed by atoms with Gasteiger partial charge in [-0.15, -0.1) is 0 Å². The van der Waals surface area contributed by atoms with Crippen molar-refractivity contribution in [3.63, 3.8) is 0 Å². The van der Waals surface area contributed by atoms with Crippen molar-refractivity contribution in [2.45, 2.75) is 33.1 Å². The molecule has 0 bridgehead atoms. The van der Waals surface area contributed by atoms with Gasteiger partial charge in [-0.2, -0.15) is 0 Å². The van der Waals surface area contributed by atoms with Crippen molar-refractivity contribution in [3.8, 4) is 0 Å². The molecule has 0 saturated heterocycles. The van der Waals surface area contributed by atoms with Gasteiger partial charge in [0, 0.05) is 34.2 Å². The van der Waals surface area contributed by atoms with Gasteiger partial charge in [0.15, 0.2) is 0 Å². The van der Waals surface area contributed by atoms with Crippen LogP contribution in [0.4, 0.5) is 0 Å². The lowest BCUT2D eigenvalue weighted by molar-refractivity contribution is -0.143. The summed E-state index contributed by atoms with van der Waals surface area (Å²) in [5.41, 5.74) is 0.204. The van der Waals surface area contributed by atoms with Gasteiger partial charge >= 0.3 is 0 Å². The Morgan fingerprint density at radius 3 is 2.58 bits per heavy atom. The Hall–Kier alpha value is -0.860. The predicted octanol–water partition coefficient (Wildman–Crippen LogP) is 4.11. The zero-order valence-electron chi connectivity index (χ0n) is 11.0. The van der Waals surface area contributed by atoms with Gasteiger partial charge in [-0.1, -0.05) is 43.1 Å². The Labute approximate surface area is 123 Å². The highest BCUT2D eigenvalue weighted by Gasteiger charge is 2.45. The molecule has 2 unspecified atom stereocenters. The average Bonchev–Trinajstić information content (AvgIpc) is 2.36. The largest absolute Gasteiger partial charge is 0.299 e. The number of Topliss-reactive ketones (excluding diaryl/α,β-unsaturated/α-hetero) is 2. The van der Waals surface area contributed by atoms with Gasteiger partial charge in [0.25, 0.3) is 0 Å². The molecular formula is C15H16Cl2O2. The topological polar surface area (TPSA) is 34.1 Å². The first-order valence-electron chi connectivity index (χ1n) is 6.34. The lowest BCUT2D eigenvalue weighted by Gasteiger charge is -2.37. The van der Waals surface area contributed by atoms with E-state index in [1.165, 1.54) is 0 Å². The van der Waals surface area contributed by atoms with Crippen LogP contribution in [0.2, 0.25) is 10.0 Å². The highest BCUT2D eigenvalue weighted by Crippen LogP contribution is 2.40. The number of rotatable bonds is 2. The highest BCUT2D eigenvalue weighted by molar-refractivity contribution is 6.35. The summed E-state index contributed by atoms with van der Waals surface area (Å²) in [5, 5.41) is 1.12. The molecule has 2 rings (SSSR count). The molecule has 1 aliphatic carbocycles. The van der Waals surface area contributed by atoms with Crippen LogP contribution >= 0.6 is 23.2 Å². The van der Waals surface area contributed by atoms with Crippen molar-refractivity contribution in [1.82, 2.24) is 0 Å². The molecule has 1 aromatic rings. The second-order valence-electron chi connectivity index (χ2n) is 5.44. The minimum Gasteiger partial charge on any atom is -0.299 e. The zero-order chi connectivity index (χ0) is 14.2. The third kappa shape index (κ3) is 2.70. The summed E-state index contributed by atoms with van der Waals surface area (Å²) in [6, 6.07) is 5.25. The maximum absolute atomic E-state index is 12.2. The van der Waals surface area contributed by atoms with Crippen LogP contribution < -0.4 is 0 Å². The first-order chi connectivity index (χ1) is 8.84. The Kier molecular flexibility index (Phi) is 4.03. The van der Waals surface area contributed by atoms with Crippen LogP contribution in [0.1, 0.15) is 32.3 Å². The molecule has 1 aliphatic rings. The molecule has 1 aromatic carbocycles. The molecule has 0 N–H and O–H groups in total. The SMILES string of the molecule is CC1C(=O)CCC(=O)C1(C)Cc1ccc(Cl)cc1Cl. The number of carbonyl (C=O) groups excluding carboxylic acids is 2. The number of benzene rings is 1. The van der Waals surface area contributed by atoms with Gasteiger partial charge in [-0.3, -0.25) is 9.59 Å². The van der Waals surface area contributed by atoms with Gasteiger partial charge in [0.05, 0.1) is 0 Å². The van der Waals surface area contributed by atoms with Gasteiger partial charge in [-0.25, -0.2) is 0 Å². The van der Waals surface area contributed by atoms with Crippen molar-refractivity contribution in [2.24, 2.45) is 11.3 Å². The predicted molar refractivity (Wildman–Crippen MR) is 76.7 cm³/mol. The average molecular weight is 299 g/mol. The number of hydrogen-bond donors (Lipinski definition) is 0. The molecule has 1 fully saturated rings. The van der Waals surface area contributed by atoms with Crippen molar-refractivity contribution < 1.29 is 9.59 Å². The maximum atomic E-state index is 12.2. The molecule has 2 atom stereocenters. The summed E-state index contributed by atoms with van der Waals surface area (Å²) in [7, 11) is 0. The fourth-order valence-corrected chi connectivity index (χ4v) is 3.12. The van der Waals surface area contributed by atoms with Crippen LogP contribution in [-0.4, -0.2) is 11.6 Å². The van der Waals surface area contributed by atoms with Crippen LogP contribution in [0.25, 0.3) is 0 Å². The molecule has 0 spiro atoms. The molecule has 0 radical (unpaired) electrons. The Balaban J connectivity index is 2.33. The lowest BCUT2D eigenvalue weighted by Crippen LogP contribution is -2.44. The third-order valence-electron chi connectivity index (χ3n) is 4.25. The van der Waals surface area contributed by atoms with Crippen molar-refractivity contribution in [1.29, 1.82) is 0 Å². The molecule has 0 aliphatic heterocycles. The quantitative estimate of drug-likeness (QED) is 0.823. The number of halogens is 2. The Morgan fingerprint density at radius 1 is 1.26 bits per heavy atom. The fourth-order valence-electron chi connectivity index (χ4n) is 2.65. The minimum absolute atomic E-state index is 0.144. The molecule has 0 aromatic heterocycles. The van der Waals surface area contributed by atoms with Gasteiger partial charge in [-0.05, 0) is 24.1 Å². The standard InChI is InChI=1S/C15H16Cl2O2/c1-9-13(18)5-6-14(19)15(9,2)8-10-3-4-11(16)7-12(10)17/h3-4,7,9H,5-6,8H2,1-2H3. The number of ketones is 2. The summed E-state index contributed by atoms with van der Waals surface area (Å²) < 4.78 is 0. The third-order valence-corrected chi connectivity index (χ3v) is 4.83. The van der Waals surface area contributed by atoms with Crippen molar-refractivity contribution >= 4 is 34.8 Å². The molecule has 2 nitrogen and oxygen atoms in total. The fraction of sp³-hybridized carbons (Fsp3) is 0.467. The molecule has 0 heterocycles. The molecule has 1 saturated carbocycles. The first-order valence-corrected chi connectivity index (χ1v) is 7.10. The maximum Gasteiger partial charge on any atom is 0.140 e. The second kappa shape index (κ2) is 5.26. The number of carbonyl (C=O) groups is 2. The van der Waals surface area contributed by atoms with Gasteiger partial charge in [0.2, 0.25) is 0 Å². The summed E-state index contributed by atoms with van der Waals surface area (Å²) in [6.07, 6.45) is 1.18. The van der Waals surface area contributed by atoms with Crippen molar-refractivity contribution in [2.75, 3.05) is 0 Å². The second-order valence-corrected chi connectivity index (χ2v) is 6.28. The van der Waals surface area contributed by atoms with Crippen LogP contribution in [0.3, 0.4) is 0 Å². The summed E-state index contributed by atoms with van der Waals surface area (Å²) >= 11 is 12.0. The molecule has 102 valence electrons. The van der Waals surface area contributed by atoms with E-state index >= 15 is 0 Å². The van der Waals surface area contributed by atoms with E-state index in [-0.39, 0.29) is 17.5 Å². The van der Waals surface area contributed by atoms with Crippen LogP contribution in [0, 0.1) is 11.3 Å². The van der Waals surface area contributed by atoms with E-state index < -0.39 is 5.41 Å². The van der Waals surface area contributed by atoms with E-state index in [0.717, 1.165) is 5.56 Å². The lowest BCUT2D eigenvalue weighted by atomic mass is 9.64. The van der Waals surface area contributed by atoms with Crippen LogP contribution in [-0.2, 0) is 16.0 Å². The minimum atomic E-state index is -0.660. The van der Waals surface area contributed by atoms with Crippen molar-refractivity contribution in [3.05, 3.63) is 33.8 Å². The van der Waals surface area contributed by atoms with E-state index in [2.05, 4.69) is 0 Å². The smallest absolute Gasteiger partial charge is 0.140 e. The van der Waals surface area contributed by atoms with Crippen LogP contribution in [0.5, 0.6) is 0 Å². The normalized spacial score (nSPS) is 27.7. The molecule has 19 heavy (non-hydrogen) atoms. The summed E-state index contributed by atoms with van der Waals surface area (Å²) in [6.45, 7) is 3.70. The first kappa shape index (κ1) is 14.5. The zero-order valence-corrected chi connectivity index (χ0v) is 12.5. The number of hydrogen-bond acceptors (Lipinski definition) is 2.